The topological polar surface area (TPSA) is 35.2 Å². The van der Waals surface area contributed by atoms with Crippen molar-refractivity contribution in [3.63, 3.8) is 0 Å². The van der Waals surface area contributed by atoms with E-state index in [1.807, 2.05) is 37.3 Å². The summed E-state index contributed by atoms with van der Waals surface area (Å²) in [5, 5.41) is 0.648. The third kappa shape index (κ3) is 4.80. The van der Waals surface area contributed by atoms with Crippen LogP contribution in [-0.4, -0.2) is 12.6 Å². The Bertz CT molecular complexity index is 376. The van der Waals surface area contributed by atoms with Gasteiger partial charge < -0.3 is 10.5 Å². The molecule has 2 N–H and O–H groups in total. The Morgan fingerprint density at radius 2 is 2.24 bits per heavy atom. The highest BCUT2D eigenvalue weighted by molar-refractivity contribution is 6.32. The van der Waals surface area contributed by atoms with Gasteiger partial charge in [0.1, 0.15) is 12.4 Å². The first kappa shape index (κ1) is 14.1. The van der Waals surface area contributed by atoms with Crippen molar-refractivity contribution >= 4 is 11.6 Å². The van der Waals surface area contributed by atoms with E-state index in [4.69, 9.17) is 22.1 Å². The predicted molar refractivity (Wildman–Crippen MR) is 73.7 cm³/mol. The first-order valence-electron chi connectivity index (χ1n) is 5.95. The zero-order chi connectivity index (χ0) is 12.7. The van der Waals surface area contributed by atoms with Crippen LogP contribution in [0.1, 0.15) is 25.8 Å². The highest BCUT2D eigenvalue weighted by Crippen LogP contribution is 2.26. The van der Waals surface area contributed by atoms with Gasteiger partial charge in [0.25, 0.3) is 0 Å². The van der Waals surface area contributed by atoms with Crippen LogP contribution in [0.15, 0.2) is 30.4 Å². The SMILES string of the molecule is CC=CCOc1ccc(CC(N)CC)cc1Cl. The van der Waals surface area contributed by atoms with Gasteiger partial charge in [-0.2, -0.15) is 0 Å². The van der Waals surface area contributed by atoms with E-state index >= 15 is 0 Å². The van der Waals surface area contributed by atoms with Crippen molar-refractivity contribution in [1.82, 2.24) is 0 Å². The lowest BCUT2D eigenvalue weighted by atomic mass is 10.0. The maximum absolute atomic E-state index is 6.15. The summed E-state index contributed by atoms with van der Waals surface area (Å²) in [5.41, 5.74) is 7.06. The molecule has 1 atom stereocenters. The van der Waals surface area contributed by atoms with Crippen molar-refractivity contribution < 1.29 is 4.74 Å². The van der Waals surface area contributed by atoms with Crippen molar-refractivity contribution in [2.24, 2.45) is 5.73 Å². The summed E-state index contributed by atoms with van der Waals surface area (Å²) >= 11 is 6.15. The minimum absolute atomic E-state index is 0.195. The molecule has 0 aromatic heterocycles. The van der Waals surface area contributed by atoms with Gasteiger partial charge in [-0.1, -0.05) is 36.7 Å². The zero-order valence-electron chi connectivity index (χ0n) is 10.4. The Hall–Kier alpha value is -0.990. The first-order chi connectivity index (χ1) is 8.17. The molecule has 0 aliphatic carbocycles. The summed E-state index contributed by atoms with van der Waals surface area (Å²) in [6, 6.07) is 6.05. The van der Waals surface area contributed by atoms with Gasteiger partial charge in [0, 0.05) is 6.04 Å². The van der Waals surface area contributed by atoms with Crippen molar-refractivity contribution in [1.29, 1.82) is 0 Å². The molecule has 0 amide bonds. The summed E-state index contributed by atoms with van der Waals surface area (Å²) < 4.78 is 5.51. The molecule has 0 aliphatic rings. The van der Waals surface area contributed by atoms with E-state index in [2.05, 4.69) is 6.92 Å². The van der Waals surface area contributed by atoms with Crippen molar-refractivity contribution in [3.05, 3.63) is 40.9 Å². The maximum Gasteiger partial charge on any atom is 0.138 e. The molecule has 3 heteroatoms. The second-order valence-corrected chi connectivity index (χ2v) is 4.42. The average molecular weight is 254 g/mol. The van der Waals surface area contributed by atoms with Crippen molar-refractivity contribution in [3.8, 4) is 5.75 Å². The minimum Gasteiger partial charge on any atom is -0.488 e. The first-order valence-corrected chi connectivity index (χ1v) is 6.33. The molecule has 1 aromatic rings. The summed E-state index contributed by atoms with van der Waals surface area (Å²) in [7, 11) is 0. The van der Waals surface area contributed by atoms with Crippen LogP contribution in [0, 0.1) is 0 Å². The van der Waals surface area contributed by atoms with Gasteiger partial charge in [0.2, 0.25) is 0 Å². The molecule has 0 aliphatic heterocycles. The molecule has 0 heterocycles. The molecule has 1 rings (SSSR count). The number of benzene rings is 1. The smallest absolute Gasteiger partial charge is 0.138 e. The minimum atomic E-state index is 0.195. The fourth-order valence-corrected chi connectivity index (χ4v) is 1.73. The molecule has 17 heavy (non-hydrogen) atoms. The monoisotopic (exact) mass is 253 g/mol. The molecule has 0 bridgehead atoms. The highest BCUT2D eigenvalue weighted by atomic mass is 35.5. The van der Waals surface area contributed by atoms with E-state index in [-0.39, 0.29) is 6.04 Å². The number of nitrogens with two attached hydrogens (primary N) is 1. The van der Waals surface area contributed by atoms with Gasteiger partial charge in [-0.05, 0) is 37.5 Å². The molecule has 1 unspecified atom stereocenters. The zero-order valence-corrected chi connectivity index (χ0v) is 11.2. The lowest BCUT2D eigenvalue weighted by Gasteiger charge is -2.11. The number of hydrogen-bond donors (Lipinski definition) is 1. The predicted octanol–water partition coefficient (Wildman–Crippen LogP) is 3.57. The molecule has 94 valence electrons. The standard InChI is InChI=1S/C14H20ClNO/c1-3-5-8-17-14-7-6-11(10-13(14)15)9-12(16)4-2/h3,5-7,10,12H,4,8-9,16H2,1-2H3. The molecule has 0 saturated carbocycles. The summed E-state index contributed by atoms with van der Waals surface area (Å²) in [4.78, 5) is 0. The summed E-state index contributed by atoms with van der Waals surface area (Å²) in [6.45, 7) is 4.59. The fourth-order valence-electron chi connectivity index (χ4n) is 1.47. The third-order valence-corrected chi connectivity index (χ3v) is 2.88. The Morgan fingerprint density at radius 1 is 1.47 bits per heavy atom. The van der Waals surface area contributed by atoms with Crippen LogP contribution in [0.4, 0.5) is 0 Å². The molecule has 0 radical (unpaired) electrons. The molecule has 2 nitrogen and oxygen atoms in total. The molecule has 0 spiro atoms. The average Bonchev–Trinajstić information content (AvgIpc) is 2.32. The number of allylic oxidation sites excluding steroid dienone is 1. The highest BCUT2D eigenvalue weighted by Gasteiger charge is 2.05. The van der Waals surface area contributed by atoms with E-state index in [9.17, 15) is 0 Å². The van der Waals surface area contributed by atoms with Crippen LogP contribution in [0.3, 0.4) is 0 Å². The number of rotatable bonds is 6. The van der Waals surface area contributed by atoms with Crippen LogP contribution >= 0.6 is 11.6 Å². The normalized spacial score (nSPS) is 12.9. The molecular weight excluding hydrogens is 234 g/mol. The Kier molecular flexibility index (Phi) is 6.09. The van der Waals surface area contributed by atoms with Crippen LogP contribution in [0.25, 0.3) is 0 Å². The number of halogens is 1. The van der Waals surface area contributed by atoms with Gasteiger partial charge in [-0.15, -0.1) is 0 Å². The van der Waals surface area contributed by atoms with Crippen molar-refractivity contribution in [2.45, 2.75) is 32.7 Å². The van der Waals surface area contributed by atoms with Gasteiger partial charge in [-0.25, -0.2) is 0 Å². The van der Waals surface area contributed by atoms with Gasteiger partial charge in [0.15, 0.2) is 0 Å². The van der Waals surface area contributed by atoms with Crippen LogP contribution in [0.5, 0.6) is 5.75 Å². The van der Waals surface area contributed by atoms with E-state index in [0.717, 1.165) is 24.2 Å². The van der Waals surface area contributed by atoms with E-state index in [0.29, 0.717) is 11.6 Å². The number of ether oxygens (including phenoxy) is 1. The summed E-state index contributed by atoms with van der Waals surface area (Å²) in [6.07, 6.45) is 5.71. The van der Waals surface area contributed by atoms with Gasteiger partial charge in [0.05, 0.1) is 5.02 Å². The Balaban J connectivity index is 2.65. The quantitative estimate of drug-likeness (QED) is 0.787. The molecular formula is C14H20ClNO. The second kappa shape index (κ2) is 7.36. The fraction of sp³-hybridized carbons (Fsp3) is 0.429. The van der Waals surface area contributed by atoms with Crippen molar-refractivity contribution in [2.75, 3.05) is 6.61 Å². The third-order valence-electron chi connectivity index (χ3n) is 2.59. The largest absolute Gasteiger partial charge is 0.488 e. The lowest BCUT2D eigenvalue weighted by molar-refractivity contribution is 0.363. The number of hydrogen-bond acceptors (Lipinski definition) is 2. The van der Waals surface area contributed by atoms with E-state index < -0.39 is 0 Å². The van der Waals surface area contributed by atoms with E-state index in [1.165, 1.54) is 0 Å². The second-order valence-electron chi connectivity index (χ2n) is 4.02. The summed E-state index contributed by atoms with van der Waals surface area (Å²) in [5.74, 6) is 0.721. The molecule has 0 saturated heterocycles. The van der Waals surface area contributed by atoms with Crippen LogP contribution in [0.2, 0.25) is 5.02 Å². The van der Waals surface area contributed by atoms with Crippen LogP contribution < -0.4 is 10.5 Å². The van der Waals surface area contributed by atoms with Crippen LogP contribution in [-0.2, 0) is 6.42 Å². The lowest BCUT2D eigenvalue weighted by Crippen LogP contribution is -2.21. The molecule has 0 fully saturated rings. The van der Waals surface area contributed by atoms with Gasteiger partial charge >= 0.3 is 0 Å². The molecule has 1 aromatic carbocycles. The van der Waals surface area contributed by atoms with E-state index in [1.54, 1.807) is 0 Å². The Labute approximate surface area is 108 Å². The maximum atomic E-state index is 6.15. The van der Waals surface area contributed by atoms with Gasteiger partial charge in [-0.3, -0.25) is 0 Å². The Morgan fingerprint density at radius 3 is 2.82 bits per heavy atom.